The van der Waals surface area contributed by atoms with Gasteiger partial charge in [-0.3, -0.25) is 0 Å². The summed E-state index contributed by atoms with van der Waals surface area (Å²) in [5.41, 5.74) is 5.32. The maximum absolute atomic E-state index is 8.91. The highest BCUT2D eigenvalue weighted by atomic mass is 15.0. The van der Waals surface area contributed by atoms with Crippen molar-refractivity contribution in [3.63, 3.8) is 0 Å². The van der Waals surface area contributed by atoms with Gasteiger partial charge in [0.05, 0.1) is 18.0 Å². The summed E-state index contributed by atoms with van der Waals surface area (Å²) in [6.45, 7) is 3.24. The van der Waals surface area contributed by atoms with Gasteiger partial charge in [-0.25, -0.2) is 0 Å². The molecular weight excluding hydrogens is 196 g/mol. The maximum Gasteiger partial charge on any atom is 0.0670 e. The summed E-state index contributed by atoms with van der Waals surface area (Å²) < 4.78 is 2.39. The smallest absolute Gasteiger partial charge is 0.0670 e. The molecule has 0 saturated heterocycles. The summed E-state index contributed by atoms with van der Waals surface area (Å²) in [5.74, 6) is 0. The summed E-state index contributed by atoms with van der Waals surface area (Å²) in [6, 6.07) is 8.77. The van der Waals surface area contributed by atoms with E-state index in [1.165, 1.54) is 40.6 Å². The van der Waals surface area contributed by atoms with Crippen molar-refractivity contribution in [1.82, 2.24) is 4.57 Å². The van der Waals surface area contributed by atoms with E-state index in [0.29, 0.717) is 6.42 Å². The van der Waals surface area contributed by atoms with E-state index in [4.69, 9.17) is 5.26 Å². The lowest BCUT2D eigenvalue weighted by atomic mass is 10.0. The molecule has 2 nitrogen and oxygen atoms in total. The van der Waals surface area contributed by atoms with Crippen molar-refractivity contribution >= 4 is 10.9 Å². The quantitative estimate of drug-likeness (QED) is 0.711. The second-order valence-corrected chi connectivity index (χ2v) is 4.47. The Bertz CT molecular complexity index is 599. The highest BCUT2D eigenvalue weighted by Gasteiger charge is 2.18. The van der Waals surface area contributed by atoms with Crippen LogP contribution in [-0.2, 0) is 19.4 Å². The lowest BCUT2D eigenvalue weighted by Crippen LogP contribution is -2.08. The Morgan fingerprint density at radius 3 is 3.12 bits per heavy atom. The van der Waals surface area contributed by atoms with Crippen molar-refractivity contribution in [3.05, 3.63) is 35.0 Å². The fourth-order valence-electron chi connectivity index (χ4n) is 2.89. The third kappa shape index (κ3) is 1.12. The van der Waals surface area contributed by atoms with Crippen molar-refractivity contribution in [2.75, 3.05) is 0 Å². The van der Waals surface area contributed by atoms with E-state index in [9.17, 15) is 0 Å². The van der Waals surface area contributed by atoms with Gasteiger partial charge in [-0.15, -0.1) is 0 Å². The molecule has 1 aromatic heterocycles. The Hall–Kier alpha value is -1.75. The molecule has 0 saturated carbocycles. The maximum atomic E-state index is 8.91. The molecule has 0 atom stereocenters. The molecule has 0 N–H and O–H groups in total. The first-order chi connectivity index (χ1) is 7.83. The van der Waals surface area contributed by atoms with E-state index >= 15 is 0 Å². The number of hydrogen-bond donors (Lipinski definition) is 0. The summed E-state index contributed by atoms with van der Waals surface area (Å²) in [4.78, 5) is 0. The number of benzene rings is 1. The van der Waals surface area contributed by atoms with Gasteiger partial charge in [0, 0.05) is 17.6 Å². The normalized spacial score (nSPS) is 14.0. The van der Waals surface area contributed by atoms with E-state index in [1.54, 1.807) is 0 Å². The molecule has 2 heteroatoms. The number of rotatable bonds is 1. The third-order valence-corrected chi connectivity index (χ3v) is 3.64. The molecule has 2 aromatic rings. The van der Waals surface area contributed by atoms with Gasteiger partial charge >= 0.3 is 0 Å². The third-order valence-electron chi connectivity index (χ3n) is 3.64. The van der Waals surface area contributed by atoms with E-state index in [1.807, 2.05) is 0 Å². The van der Waals surface area contributed by atoms with Crippen molar-refractivity contribution < 1.29 is 0 Å². The summed E-state index contributed by atoms with van der Waals surface area (Å²) in [5, 5.41) is 10.2. The second kappa shape index (κ2) is 3.38. The van der Waals surface area contributed by atoms with Crippen LogP contribution in [0.2, 0.25) is 0 Å². The number of aromatic nitrogens is 1. The molecule has 2 heterocycles. The second-order valence-electron chi connectivity index (χ2n) is 4.47. The molecule has 0 aliphatic carbocycles. The largest absolute Gasteiger partial charge is 0.344 e. The first-order valence-electron chi connectivity index (χ1n) is 5.79. The van der Waals surface area contributed by atoms with Crippen LogP contribution in [0.3, 0.4) is 0 Å². The Labute approximate surface area is 95.1 Å². The molecular formula is C14H14N2. The van der Waals surface area contributed by atoms with Crippen LogP contribution in [-0.4, -0.2) is 4.57 Å². The Morgan fingerprint density at radius 1 is 1.44 bits per heavy atom. The van der Waals surface area contributed by atoms with Crippen molar-refractivity contribution in [1.29, 1.82) is 5.26 Å². The van der Waals surface area contributed by atoms with Crippen molar-refractivity contribution in [3.8, 4) is 6.07 Å². The number of nitriles is 1. The molecule has 3 rings (SSSR count). The van der Waals surface area contributed by atoms with Gasteiger partial charge < -0.3 is 4.57 Å². The van der Waals surface area contributed by atoms with Crippen LogP contribution in [0.1, 0.15) is 23.2 Å². The summed E-state index contributed by atoms with van der Waals surface area (Å²) in [7, 11) is 0. The van der Waals surface area contributed by atoms with Gasteiger partial charge in [0.25, 0.3) is 0 Å². The van der Waals surface area contributed by atoms with Gasteiger partial charge in [0.1, 0.15) is 0 Å². The zero-order valence-electron chi connectivity index (χ0n) is 9.45. The van der Waals surface area contributed by atoms with Crippen LogP contribution in [0, 0.1) is 18.3 Å². The molecule has 80 valence electrons. The average Bonchev–Trinajstić information content (AvgIpc) is 2.58. The molecule has 1 aliphatic rings. The monoisotopic (exact) mass is 210 g/mol. The average molecular weight is 210 g/mol. The first kappa shape index (κ1) is 9.47. The van der Waals surface area contributed by atoms with Crippen LogP contribution in [0.4, 0.5) is 0 Å². The number of nitrogens with zero attached hydrogens (tertiary/aromatic N) is 2. The Kier molecular flexibility index (Phi) is 2.00. The molecule has 0 radical (unpaired) electrons. The lowest BCUT2D eigenvalue weighted by Gasteiger charge is -2.16. The van der Waals surface area contributed by atoms with Crippen LogP contribution < -0.4 is 0 Å². The van der Waals surface area contributed by atoms with Crippen molar-refractivity contribution in [2.24, 2.45) is 0 Å². The molecule has 0 fully saturated rings. The topological polar surface area (TPSA) is 28.7 Å². The minimum atomic E-state index is 0.527. The number of hydrogen-bond acceptors (Lipinski definition) is 1. The van der Waals surface area contributed by atoms with E-state index in [0.717, 1.165) is 6.54 Å². The summed E-state index contributed by atoms with van der Waals surface area (Å²) in [6.07, 6.45) is 2.92. The van der Waals surface area contributed by atoms with Crippen LogP contribution in [0.25, 0.3) is 10.9 Å². The predicted octanol–water partition coefficient (Wildman–Crippen LogP) is 2.96. The number of aryl methyl sites for hydroxylation is 2. The van der Waals surface area contributed by atoms with Crippen LogP contribution >= 0.6 is 0 Å². The van der Waals surface area contributed by atoms with Gasteiger partial charge in [0.15, 0.2) is 0 Å². The van der Waals surface area contributed by atoms with E-state index in [2.05, 4.69) is 35.8 Å². The molecule has 0 amide bonds. The predicted molar refractivity (Wildman–Crippen MR) is 64.3 cm³/mol. The van der Waals surface area contributed by atoms with Crippen LogP contribution in [0.15, 0.2) is 18.2 Å². The number of para-hydroxylation sites is 1. The zero-order chi connectivity index (χ0) is 11.1. The molecule has 1 aromatic carbocycles. The Balaban J connectivity index is 2.42. The van der Waals surface area contributed by atoms with Gasteiger partial charge in [-0.05, 0) is 30.9 Å². The van der Waals surface area contributed by atoms with Gasteiger partial charge in [-0.2, -0.15) is 5.26 Å². The molecule has 1 aliphatic heterocycles. The fraction of sp³-hybridized carbons (Fsp3) is 0.357. The van der Waals surface area contributed by atoms with E-state index < -0.39 is 0 Å². The fourth-order valence-corrected chi connectivity index (χ4v) is 2.89. The summed E-state index contributed by atoms with van der Waals surface area (Å²) >= 11 is 0. The molecule has 0 spiro atoms. The molecule has 0 unspecified atom stereocenters. The Morgan fingerprint density at radius 2 is 2.31 bits per heavy atom. The van der Waals surface area contributed by atoms with Gasteiger partial charge in [-0.1, -0.05) is 18.2 Å². The first-order valence-corrected chi connectivity index (χ1v) is 5.79. The molecule has 0 bridgehead atoms. The SMILES string of the molecule is Cc1c(CC#N)c2cccc3c2n1CCC3. The minimum absolute atomic E-state index is 0.527. The standard InChI is InChI=1S/C14H14N2/c1-10-12(7-8-15)13-6-2-4-11-5-3-9-16(10)14(11)13/h2,4,6H,3,5,7,9H2,1H3. The van der Waals surface area contributed by atoms with Gasteiger partial charge in [0.2, 0.25) is 0 Å². The minimum Gasteiger partial charge on any atom is -0.344 e. The highest BCUT2D eigenvalue weighted by molar-refractivity contribution is 5.89. The van der Waals surface area contributed by atoms with E-state index in [-0.39, 0.29) is 0 Å². The lowest BCUT2D eigenvalue weighted by molar-refractivity contribution is 0.621. The zero-order valence-corrected chi connectivity index (χ0v) is 9.45. The highest BCUT2D eigenvalue weighted by Crippen LogP contribution is 2.32. The van der Waals surface area contributed by atoms with Crippen molar-refractivity contribution in [2.45, 2.75) is 32.7 Å². The van der Waals surface area contributed by atoms with Crippen LogP contribution in [0.5, 0.6) is 0 Å². The molecule has 16 heavy (non-hydrogen) atoms.